The van der Waals surface area contributed by atoms with Gasteiger partial charge in [0.1, 0.15) is 21.4 Å². The lowest BCUT2D eigenvalue weighted by atomic mass is 10.2. The van der Waals surface area contributed by atoms with E-state index >= 15 is 0 Å². The van der Waals surface area contributed by atoms with Gasteiger partial charge in [-0.3, -0.25) is 0 Å². The Bertz CT molecular complexity index is 454. The Kier molecular flexibility index (Phi) is 4.29. The molecule has 90 valence electrons. The van der Waals surface area contributed by atoms with E-state index in [0.717, 1.165) is 0 Å². The van der Waals surface area contributed by atoms with Crippen molar-refractivity contribution in [3.63, 3.8) is 0 Å². The predicted molar refractivity (Wildman–Crippen MR) is 61.0 cm³/mol. The number of hydrogen-bond donors (Lipinski definition) is 0. The Morgan fingerprint density at radius 2 is 2.06 bits per heavy atom. The first-order valence-corrected chi connectivity index (χ1v) is 7.01. The zero-order valence-electron chi connectivity index (χ0n) is 9.36. The third-order valence-corrected chi connectivity index (χ3v) is 3.09. The number of sulfone groups is 1. The molecule has 1 rings (SSSR count). The highest BCUT2D eigenvalue weighted by molar-refractivity contribution is 7.90. The van der Waals surface area contributed by atoms with Crippen molar-refractivity contribution in [3.05, 3.63) is 29.6 Å². The van der Waals surface area contributed by atoms with E-state index in [1.165, 1.54) is 18.4 Å². The molecule has 1 aromatic carbocycles. The molecule has 0 atom stereocenters. The Hall–Kier alpha value is -1.10. The number of hydrogen-bond acceptors (Lipinski definition) is 3. The minimum absolute atomic E-state index is 0.104. The van der Waals surface area contributed by atoms with E-state index < -0.39 is 9.84 Å². The zero-order valence-corrected chi connectivity index (χ0v) is 10.2. The average molecular weight is 246 g/mol. The lowest BCUT2D eigenvalue weighted by Crippen LogP contribution is -2.08. The molecule has 0 spiro atoms. The molecule has 0 saturated heterocycles. The summed E-state index contributed by atoms with van der Waals surface area (Å²) < 4.78 is 39.9. The number of rotatable bonds is 5. The number of ether oxygens (including phenoxy) is 1. The highest BCUT2D eigenvalue weighted by Crippen LogP contribution is 2.15. The maximum Gasteiger partial charge on any atom is 0.147 e. The van der Waals surface area contributed by atoms with Crippen molar-refractivity contribution in [2.45, 2.75) is 13.3 Å². The summed E-state index contributed by atoms with van der Waals surface area (Å²) in [5, 5.41) is 0. The second-order valence-corrected chi connectivity index (χ2v) is 6.00. The molecule has 0 fully saturated rings. The van der Waals surface area contributed by atoms with Crippen molar-refractivity contribution in [2.24, 2.45) is 0 Å². The largest absolute Gasteiger partial charge is 0.494 e. The Morgan fingerprint density at radius 3 is 2.62 bits per heavy atom. The monoisotopic (exact) mass is 246 g/mol. The van der Waals surface area contributed by atoms with Gasteiger partial charge in [-0.15, -0.1) is 0 Å². The molecule has 0 aliphatic rings. The molecule has 0 aliphatic heterocycles. The summed E-state index contributed by atoms with van der Waals surface area (Å²) in [6, 6.07) is 4.46. The van der Waals surface area contributed by atoms with Gasteiger partial charge in [-0.2, -0.15) is 0 Å². The lowest BCUT2D eigenvalue weighted by Gasteiger charge is -2.06. The Labute approximate surface area is 95.2 Å². The molecule has 0 heterocycles. The molecule has 3 nitrogen and oxygen atoms in total. The summed E-state index contributed by atoms with van der Waals surface area (Å²) >= 11 is 0. The van der Waals surface area contributed by atoms with Gasteiger partial charge in [0.25, 0.3) is 0 Å². The normalized spacial score (nSPS) is 11.4. The molecule has 0 bridgehead atoms. The highest BCUT2D eigenvalue weighted by atomic mass is 32.2. The smallest absolute Gasteiger partial charge is 0.147 e. The van der Waals surface area contributed by atoms with Gasteiger partial charge in [-0.05, 0) is 37.1 Å². The summed E-state index contributed by atoms with van der Waals surface area (Å²) in [6.45, 7) is 1.97. The molecule has 0 amide bonds. The van der Waals surface area contributed by atoms with Crippen LogP contribution in [0.2, 0.25) is 0 Å². The maximum atomic E-state index is 12.9. The second-order valence-electron chi connectivity index (χ2n) is 3.74. The van der Waals surface area contributed by atoms with Crippen LogP contribution in [0.4, 0.5) is 4.39 Å². The van der Waals surface area contributed by atoms with Crippen LogP contribution in [-0.4, -0.2) is 27.0 Å². The van der Waals surface area contributed by atoms with E-state index in [0.29, 0.717) is 24.3 Å². The summed E-state index contributed by atoms with van der Waals surface area (Å²) in [4.78, 5) is 0. The quantitative estimate of drug-likeness (QED) is 0.746. The molecular formula is C11H15FO3S. The van der Waals surface area contributed by atoms with Crippen molar-refractivity contribution in [1.29, 1.82) is 0 Å². The molecule has 0 saturated carbocycles. The topological polar surface area (TPSA) is 43.4 Å². The highest BCUT2D eigenvalue weighted by Gasteiger charge is 2.03. The van der Waals surface area contributed by atoms with Gasteiger partial charge >= 0.3 is 0 Å². The number of halogens is 1. The molecule has 1 aromatic rings. The van der Waals surface area contributed by atoms with Crippen molar-refractivity contribution >= 4 is 9.84 Å². The molecule has 0 aliphatic carbocycles. The predicted octanol–water partition coefficient (Wildman–Crippen LogP) is 1.95. The van der Waals surface area contributed by atoms with E-state index in [-0.39, 0.29) is 11.6 Å². The third kappa shape index (κ3) is 4.61. The Balaban J connectivity index is 2.41. The van der Waals surface area contributed by atoms with E-state index in [9.17, 15) is 12.8 Å². The summed E-state index contributed by atoms with van der Waals surface area (Å²) in [5.41, 5.74) is 0.514. The average Bonchev–Trinajstić information content (AvgIpc) is 2.17. The van der Waals surface area contributed by atoms with Crippen LogP contribution in [0.5, 0.6) is 5.75 Å². The van der Waals surface area contributed by atoms with E-state index in [2.05, 4.69) is 0 Å². The van der Waals surface area contributed by atoms with Crippen LogP contribution in [-0.2, 0) is 9.84 Å². The molecule has 0 N–H and O–H groups in total. The summed E-state index contributed by atoms with van der Waals surface area (Å²) in [7, 11) is -2.93. The van der Waals surface area contributed by atoms with Gasteiger partial charge in [0, 0.05) is 6.26 Å². The minimum Gasteiger partial charge on any atom is -0.494 e. The molecule has 0 unspecified atom stereocenters. The van der Waals surface area contributed by atoms with E-state index in [4.69, 9.17) is 4.74 Å². The fourth-order valence-corrected chi connectivity index (χ4v) is 1.86. The number of benzene rings is 1. The van der Waals surface area contributed by atoms with Crippen molar-refractivity contribution in [2.75, 3.05) is 18.6 Å². The van der Waals surface area contributed by atoms with Crippen LogP contribution in [0.15, 0.2) is 18.2 Å². The van der Waals surface area contributed by atoms with Crippen molar-refractivity contribution in [3.8, 4) is 5.75 Å². The van der Waals surface area contributed by atoms with Crippen molar-refractivity contribution in [1.82, 2.24) is 0 Å². The first-order valence-electron chi connectivity index (χ1n) is 4.95. The van der Waals surface area contributed by atoms with Crippen LogP contribution in [0.25, 0.3) is 0 Å². The van der Waals surface area contributed by atoms with Gasteiger partial charge < -0.3 is 4.74 Å². The molecule has 16 heavy (non-hydrogen) atoms. The van der Waals surface area contributed by atoms with Crippen LogP contribution in [0, 0.1) is 12.7 Å². The van der Waals surface area contributed by atoms with Crippen LogP contribution in [0.3, 0.4) is 0 Å². The molecule has 0 aromatic heterocycles. The van der Waals surface area contributed by atoms with Gasteiger partial charge in [0.2, 0.25) is 0 Å². The third-order valence-electron chi connectivity index (χ3n) is 2.06. The van der Waals surface area contributed by atoms with Crippen LogP contribution in [0.1, 0.15) is 12.0 Å². The molecule has 5 heteroatoms. The summed E-state index contributed by atoms with van der Waals surface area (Å²) in [6.07, 6.45) is 1.63. The lowest BCUT2D eigenvalue weighted by molar-refractivity contribution is 0.317. The second kappa shape index (κ2) is 5.30. The fourth-order valence-electron chi connectivity index (χ4n) is 1.22. The van der Waals surface area contributed by atoms with Crippen molar-refractivity contribution < 1.29 is 17.5 Å². The van der Waals surface area contributed by atoms with Gasteiger partial charge in [-0.1, -0.05) is 0 Å². The first kappa shape index (κ1) is 13.0. The van der Waals surface area contributed by atoms with Gasteiger partial charge in [0.15, 0.2) is 0 Å². The SMILES string of the molecule is Cc1cc(OCCCS(C)(=O)=O)ccc1F. The maximum absolute atomic E-state index is 12.9. The molecule has 0 radical (unpaired) electrons. The van der Waals surface area contributed by atoms with E-state index in [1.54, 1.807) is 13.0 Å². The molecular weight excluding hydrogens is 231 g/mol. The van der Waals surface area contributed by atoms with E-state index in [1.807, 2.05) is 0 Å². The number of aryl methyl sites for hydroxylation is 1. The van der Waals surface area contributed by atoms with Crippen LogP contribution >= 0.6 is 0 Å². The zero-order chi connectivity index (χ0) is 12.2. The first-order chi connectivity index (χ1) is 7.38. The van der Waals surface area contributed by atoms with Crippen LogP contribution < -0.4 is 4.74 Å². The standard InChI is InChI=1S/C11H15FO3S/c1-9-8-10(4-5-11(9)12)15-6-3-7-16(2,13)14/h4-5,8H,3,6-7H2,1-2H3. The Morgan fingerprint density at radius 1 is 1.38 bits per heavy atom. The fraction of sp³-hybridized carbons (Fsp3) is 0.455. The minimum atomic E-state index is -2.93. The van der Waals surface area contributed by atoms with Gasteiger partial charge in [0.05, 0.1) is 12.4 Å². The summed E-state index contributed by atoms with van der Waals surface area (Å²) in [5.74, 6) is 0.392. The van der Waals surface area contributed by atoms with Gasteiger partial charge in [-0.25, -0.2) is 12.8 Å².